The van der Waals surface area contributed by atoms with Gasteiger partial charge in [-0.25, -0.2) is 4.98 Å². The number of ether oxygens (including phenoxy) is 1. The van der Waals surface area contributed by atoms with Crippen LogP contribution in [0.3, 0.4) is 0 Å². The number of para-hydroxylation sites is 1. The molecule has 0 amide bonds. The van der Waals surface area contributed by atoms with E-state index in [0.717, 1.165) is 28.3 Å². The first-order valence-electron chi connectivity index (χ1n) is 7.65. The summed E-state index contributed by atoms with van der Waals surface area (Å²) < 4.78 is 12.8. The number of hydrogen-bond acceptors (Lipinski definition) is 5. The lowest BCUT2D eigenvalue weighted by atomic mass is 10.1. The highest BCUT2D eigenvalue weighted by Gasteiger charge is 2.18. The molecular formula is C18H16N4O2. The monoisotopic (exact) mass is 320 g/mol. The van der Waals surface area contributed by atoms with E-state index in [4.69, 9.17) is 9.26 Å². The van der Waals surface area contributed by atoms with Crippen molar-refractivity contribution < 1.29 is 9.26 Å². The summed E-state index contributed by atoms with van der Waals surface area (Å²) in [6, 6.07) is 13.7. The third-order valence-electron chi connectivity index (χ3n) is 3.92. The van der Waals surface area contributed by atoms with Crippen molar-refractivity contribution in [2.24, 2.45) is 0 Å². The zero-order chi connectivity index (χ0) is 16.5. The second-order valence-corrected chi connectivity index (χ2v) is 5.48. The van der Waals surface area contributed by atoms with Crippen molar-refractivity contribution in [1.82, 2.24) is 19.5 Å². The second kappa shape index (κ2) is 5.81. The Balaban J connectivity index is 1.71. The Morgan fingerprint density at radius 1 is 1.08 bits per heavy atom. The average molecular weight is 320 g/mol. The molecule has 0 atom stereocenters. The van der Waals surface area contributed by atoms with E-state index in [0.29, 0.717) is 18.1 Å². The van der Waals surface area contributed by atoms with Crippen LogP contribution in [0, 0.1) is 6.92 Å². The molecular weight excluding hydrogens is 304 g/mol. The van der Waals surface area contributed by atoms with Crippen LogP contribution in [0.5, 0.6) is 5.75 Å². The van der Waals surface area contributed by atoms with Gasteiger partial charge in [0.05, 0.1) is 12.8 Å². The Kier molecular flexibility index (Phi) is 3.49. The molecule has 0 spiro atoms. The third kappa shape index (κ3) is 2.42. The summed E-state index contributed by atoms with van der Waals surface area (Å²) in [6.45, 7) is 1.94. The standard InChI is InChI=1S/C18H16N4O2/c1-12-17(22-10-6-5-9-16(22)19-12)18-20-15(21-24-18)11-13-7-3-4-8-14(13)23-2/h3-10H,11H2,1-2H3. The fourth-order valence-corrected chi connectivity index (χ4v) is 2.81. The zero-order valence-corrected chi connectivity index (χ0v) is 13.4. The number of hydrogen-bond donors (Lipinski definition) is 0. The molecule has 4 aromatic rings. The van der Waals surface area contributed by atoms with Crippen molar-refractivity contribution in [3.8, 4) is 17.3 Å². The van der Waals surface area contributed by atoms with Gasteiger partial charge in [0.2, 0.25) is 0 Å². The molecule has 3 heterocycles. The van der Waals surface area contributed by atoms with Gasteiger partial charge in [-0.3, -0.25) is 4.40 Å². The number of aryl methyl sites for hydroxylation is 1. The average Bonchev–Trinajstić information content (AvgIpc) is 3.18. The highest BCUT2D eigenvalue weighted by molar-refractivity contribution is 5.59. The minimum atomic E-state index is 0.469. The highest BCUT2D eigenvalue weighted by atomic mass is 16.5. The van der Waals surface area contributed by atoms with Crippen molar-refractivity contribution in [3.05, 3.63) is 65.7 Å². The third-order valence-corrected chi connectivity index (χ3v) is 3.92. The van der Waals surface area contributed by atoms with Crippen molar-refractivity contribution in [1.29, 1.82) is 0 Å². The van der Waals surface area contributed by atoms with Crippen molar-refractivity contribution in [2.75, 3.05) is 7.11 Å². The number of nitrogens with zero attached hydrogens (tertiary/aromatic N) is 4. The normalized spacial score (nSPS) is 11.1. The Labute approximate surface area is 138 Å². The lowest BCUT2D eigenvalue weighted by Gasteiger charge is -2.05. The van der Waals surface area contributed by atoms with E-state index in [2.05, 4.69) is 15.1 Å². The molecule has 0 unspecified atom stereocenters. The van der Waals surface area contributed by atoms with E-state index in [1.54, 1.807) is 7.11 Å². The van der Waals surface area contributed by atoms with Gasteiger partial charge in [0.15, 0.2) is 5.82 Å². The van der Waals surface area contributed by atoms with Gasteiger partial charge in [-0.15, -0.1) is 0 Å². The molecule has 3 aromatic heterocycles. The lowest BCUT2D eigenvalue weighted by molar-refractivity contribution is 0.407. The number of benzene rings is 1. The fraction of sp³-hybridized carbons (Fsp3) is 0.167. The van der Waals surface area contributed by atoms with Crippen LogP contribution in [0.25, 0.3) is 17.2 Å². The molecule has 6 heteroatoms. The van der Waals surface area contributed by atoms with Gasteiger partial charge in [-0.2, -0.15) is 4.98 Å². The Hall–Kier alpha value is -3.15. The number of rotatable bonds is 4. The molecule has 6 nitrogen and oxygen atoms in total. The molecule has 1 aromatic carbocycles. The number of imidazole rings is 1. The Morgan fingerprint density at radius 3 is 2.79 bits per heavy atom. The van der Waals surface area contributed by atoms with Gasteiger partial charge < -0.3 is 9.26 Å². The molecule has 0 fully saturated rings. The van der Waals surface area contributed by atoms with Gasteiger partial charge in [0, 0.05) is 18.2 Å². The highest BCUT2D eigenvalue weighted by Crippen LogP contribution is 2.25. The lowest BCUT2D eigenvalue weighted by Crippen LogP contribution is -1.95. The van der Waals surface area contributed by atoms with Crippen molar-refractivity contribution in [2.45, 2.75) is 13.3 Å². The quantitative estimate of drug-likeness (QED) is 0.577. The predicted octanol–water partition coefficient (Wildman–Crippen LogP) is 3.29. The van der Waals surface area contributed by atoms with E-state index < -0.39 is 0 Å². The van der Waals surface area contributed by atoms with Crippen LogP contribution in [0.2, 0.25) is 0 Å². The topological polar surface area (TPSA) is 65.5 Å². The van der Waals surface area contributed by atoms with Crippen LogP contribution in [0.4, 0.5) is 0 Å². The summed E-state index contributed by atoms with van der Waals surface area (Å²) in [5.41, 5.74) is 3.55. The minimum absolute atomic E-state index is 0.469. The Morgan fingerprint density at radius 2 is 1.92 bits per heavy atom. The van der Waals surface area contributed by atoms with Gasteiger partial charge in [0.25, 0.3) is 5.89 Å². The number of aromatic nitrogens is 4. The van der Waals surface area contributed by atoms with Gasteiger partial charge in [0.1, 0.15) is 17.1 Å². The van der Waals surface area contributed by atoms with E-state index in [-0.39, 0.29) is 0 Å². The fourth-order valence-electron chi connectivity index (χ4n) is 2.81. The smallest absolute Gasteiger partial charge is 0.276 e. The van der Waals surface area contributed by atoms with Crippen LogP contribution < -0.4 is 4.74 Å². The predicted molar refractivity (Wildman–Crippen MR) is 89.0 cm³/mol. The summed E-state index contributed by atoms with van der Waals surface area (Å²) in [4.78, 5) is 9.07. The molecule has 0 aliphatic carbocycles. The summed E-state index contributed by atoms with van der Waals surface area (Å²) in [7, 11) is 1.66. The van der Waals surface area contributed by atoms with E-state index >= 15 is 0 Å². The van der Waals surface area contributed by atoms with Crippen LogP contribution >= 0.6 is 0 Å². The van der Waals surface area contributed by atoms with Gasteiger partial charge >= 0.3 is 0 Å². The largest absolute Gasteiger partial charge is 0.496 e. The number of methoxy groups -OCH3 is 1. The molecule has 24 heavy (non-hydrogen) atoms. The maximum atomic E-state index is 5.48. The molecule has 0 N–H and O–H groups in total. The molecule has 0 saturated carbocycles. The summed E-state index contributed by atoms with van der Waals surface area (Å²) >= 11 is 0. The zero-order valence-electron chi connectivity index (χ0n) is 13.4. The van der Waals surface area contributed by atoms with Crippen LogP contribution in [-0.4, -0.2) is 26.6 Å². The van der Waals surface area contributed by atoms with Gasteiger partial charge in [-0.1, -0.05) is 29.4 Å². The molecule has 0 aliphatic heterocycles. The van der Waals surface area contributed by atoms with Crippen molar-refractivity contribution >= 4 is 5.65 Å². The van der Waals surface area contributed by atoms with Crippen LogP contribution in [0.15, 0.2) is 53.2 Å². The first-order valence-corrected chi connectivity index (χ1v) is 7.65. The molecule has 120 valence electrons. The molecule has 0 radical (unpaired) electrons. The van der Waals surface area contributed by atoms with E-state index in [1.165, 1.54) is 0 Å². The molecule has 0 saturated heterocycles. The minimum Gasteiger partial charge on any atom is -0.496 e. The molecule has 4 rings (SSSR count). The first kappa shape index (κ1) is 14.4. The summed E-state index contributed by atoms with van der Waals surface area (Å²) in [5.74, 6) is 1.89. The number of pyridine rings is 1. The molecule has 0 aliphatic rings. The van der Waals surface area contributed by atoms with E-state index in [1.807, 2.05) is 60.0 Å². The second-order valence-electron chi connectivity index (χ2n) is 5.48. The molecule has 0 bridgehead atoms. The maximum Gasteiger partial charge on any atom is 0.276 e. The van der Waals surface area contributed by atoms with Crippen molar-refractivity contribution in [3.63, 3.8) is 0 Å². The number of fused-ring (bicyclic) bond motifs is 1. The SMILES string of the molecule is COc1ccccc1Cc1noc(-c2c(C)nc3ccccn23)n1. The maximum absolute atomic E-state index is 5.48. The van der Waals surface area contributed by atoms with Gasteiger partial charge in [-0.05, 0) is 25.1 Å². The summed E-state index contributed by atoms with van der Waals surface area (Å²) in [6.07, 6.45) is 2.48. The van der Waals surface area contributed by atoms with Crippen LogP contribution in [-0.2, 0) is 6.42 Å². The first-order chi connectivity index (χ1) is 11.8. The van der Waals surface area contributed by atoms with Crippen LogP contribution in [0.1, 0.15) is 17.1 Å². The summed E-state index contributed by atoms with van der Waals surface area (Å²) in [5, 5.41) is 4.11. The Bertz CT molecular complexity index is 1000. The van der Waals surface area contributed by atoms with E-state index in [9.17, 15) is 0 Å².